The van der Waals surface area contributed by atoms with Gasteiger partial charge in [-0.3, -0.25) is 10.1 Å². The summed E-state index contributed by atoms with van der Waals surface area (Å²) in [5.74, 6) is -0.237. The Bertz CT molecular complexity index is 487. The normalized spacial score (nSPS) is 11.9. The van der Waals surface area contributed by atoms with Crippen LogP contribution in [0.2, 0.25) is 0 Å². The molecule has 1 atom stereocenters. The third-order valence-corrected chi connectivity index (χ3v) is 2.95. The number of aryl methyl sites for hydroxylation is 1. The van der Waals surface area contributed by atoms with Crippen LogP contribution >= 0.6 is 0 Å². The molecule has 4 heteroatoms. The maximum absolute atomic E-state index is 10.8. The molecule has 4 nitrogen and oxygen atoms in total. The van der Waals surface area contributed by atoms with E-state index in [1.54, 1.807) is 19.9 Å². The average Bonchev–Trinajstić information content (AvgIpc) is 2.22. The van der Waals surface area contributed by atoms with Gasteiger partial charge in [-0.2, -0.15) is 5.26 Å². The molecule has 0 aromatic heterocycles. The minimum Gasteiger partial charge on any atom is -0.258 e. The highest BCUT2D eigenvalue weighted by Crippen LogP contribution is 2.31. The molecule has 0 saturated carbocycles. The van der Waals surface area contributed by atoms with Gasteiger partial charge in [0.05, 0.1) is 16.9 Å². The van der Waals surface area contributed by atoms with Crippen molar-refractivity contribution in [3.63, 3.8) is 0 Å². The molecule has 0 spiro atoms. The molecule has 0 N–H and O–H groups in total. The second kappa shape index (κ2) is 4.31. The van der Waals surface area contributed by atoms with Crippen molar-refractivity contribution < 1.29 is 4.92 Å². The summed E-state index contributed by atoms with van der Waals surface area (Å²) >= 11 is 0. The predicted molar refractivity (Wildman–Crippen MR) is 61.3 cm³/mol. The number of hydrogen-bond donors (Lipinski definition) is 0. The topological polar surface area (TPSA) is 66.9 Å². The first-order chi connectivity index (χ1) is 7.40. The number of rotatable bonds is 2. The molecule has 0 bridgehead atoms. The highest BCUT2D eigenvalue weighted by atomic mass is 16.6. The van der Waals surface area contributed by atoms with Gasteiger partial charge in [0, 0.05) is 11.6 Å². The molecule has 1 aromatic rings. The van der Waals surface area contributed by atoms with Crippen LogP contribution in [0.5, 0.6) is 0 Å². The highest BCUT2D eigenvalue weighted by Gasteiger charge is 2.20. The van der Waals surface area contributed by atoms with Crippen molar-refractivity contribution in [2.75, 3.05) is 0 Å². The lowest BCUT2D eigenvalue weighted by molar-refractivity contribution is -0.385. The van der Waals surface area contributed by atoms with Crippen molar-refractivity contribution in [1.29, 1.82) is 5.26 Å². The first kappa shape index (κ1) is 12.2. The summed E-state index contributed by atoms with van der Waals surface area (Å²) in [4.78, 5) is 10.4. The van der Waals surface area contributed by atoms with Gasteiger partial charge >= 0.3 is 0 Å². The summed E-state index contributed by atoms with van der Waals surface area (Å²) in [6.45, 7) is 7.17. The zero-order valence-corrected chi connectivity index (χ0v) is 9.87. The van der Waals surface area contributed by atoms with Crippen LogP contribution in [0.4, 0.5) is 5.69 Å². The fourth-order valence-corrected chi connectivity index (χ4v) is 2.00. The third-order valence-electron chi connectivity index (χ3n) is 2.95. The van der Waals surface area contributed by atoms with Gasteiger partial charge in [-0.25, -0.2) is 0 Å². The number of nitrogens with zero attached hydrogens (tertiary/aromatic N) is 2. The van der Waals surface area contributed by atoms with Crippen LogP contribution < -0.4 is 0 Å². The number of benzene rings is 1. The van der Waals surface area contributed by atoms with E-state index in [0.29, 0.717) is 5.56 Å². The van der Waals surface area contributed by atoms with Crippen LogP contribution in [0.25, 0.3) is 0 Å². The van der Waals surface area contributed by atoms with Crippen LogP contribution in [0.15, 0.2) is 6.07 Å². The Morgan fingerprint density at radius 1 is 1.38 bits per heavy atom. The molecule has 0 amide bonds. The summed E-state index contributed by atoms with van der Waals surface area (Å²) in [5, 5.41) is 19.7. The van der Waals surface area contributed by atoms with Crippen molar-refractivity contribution in [2.45, 2.75) is 33.6 Å². The predicted octanol–water partition coefficient (Wildman–Crippen LogP) is 3.15. The molecule has 0 heterocycles. The van der Waals surface area contributed by atoms with Gasteiger partial charge in [-0.1, -0.05) is 0 Å². The van der Waals surface area contributed by atoms with Crippen LogP contribution in [0, 0.1) is 42.2 Å². The highest BCUT2D eigenvalue weighted by molar-refractivity contribution is 5.53. The van der Waals surface area contributed by atoms with Crippen LogP contribution in [-0.2, 0) is 0 Å². The average molecular weight is 218 g/mol. The Morgan fingerprint density at radius 2 is 1.94 bits per heavy atom. The van der Waals surface area contributed by atoms with E-state index in [-0.39, 0.29) is 16.5 Å². The van der Waals surface area contributed by atoms with Crippen LogP contribution in [-0.4, -0.2) is 4.92 Å². The van der Waals surface area contributed by atoms with Crippen molar-refractivity contribution in [3.05, 3.63) is 38.4 Å². The maximum atomic E-state index is 10.8. The maximum Gasteiger partial charge on any atom is 0.272 e. The zero-order chi connectivity index (χ0) is 12.5. The Morgan fingerprint density at radius 3 is 2.38 bits per heavy atom. The van der Waals surface area contributed by atoms with Crippen molar-refractivity contribution >= 4 is 5.69 Å². The molecule has 1 rings (SSSR count). The standard InChI is InChI=1S/C12H14N2O2/c1-7-5-11(14(15)16)9(3)10(4)12(7)8(2)6-13/h5,8H,1-4H3. The molecule has 0 saturated heterocycles. The molecule has 0 aliphatic heterocycles. The van der Waals surface area contributed by atoms with E-state index in [0.717, 1.165) is 16.7 Å². The van der Waals surface area contributed by atoms with E-state index >= 15 is 0 Å². The fraction of sp³-hybridized carbons (Fsp3) is 0.417. The summed E-state index contributed by atoms with van der Waals surface area (Å²) in [5.41, 5.74) is 3.34. The quantitative estimate of drug-likeness (QED) is 0.565. The second-order valence-corrected chi connectivity index (χ2v) is 3.98. The smallest absolute Gasteiger partial charge is 0.258 e. The molecule has 0 aliphatic rings. The summed E-state index contributed by atoms with van der Waals surface area (Å²) in [7, 11) is 0. The fourth-order valence-electron chi connectivity index (χ4n) is 2.00. The molecule has 0 radical (unpaired) electrons. The Hall–Kier alpha value is -1.89. The second-order valence-electron chi connectivity index (χ2n) is 3.98. The minimum atomic E-state index is -0.379. The van der Waals surface area contributed by atoms with Crippen molar-refractivity contribution in [3.8, 4) is 6.07 Å². The Balaban J connectivity index is 3.53. The lowest BCUT2D eigenvalue weighted by Crippen LogP contribution is -2.03. The Labute approximate surface area is 94.7 Å². The SMILES string of the molecule is Cc1cc([N+](=O)[O-])c(C)c(C)c1C(C)C#N. The van der Waals surface area contributed by atoms with Gasteiger partial charge in [0.15, 0.2) is 0 Å². The first-order valence-corrected chi connectivity index (χ1v) is 5.04. The lowest BCUT2D eigenvalue weighted by Gasteiger charge is -2.14. The molecule has 0 aliphatic carbocycles. The van der Waals surface area contributed by atoms with Gasteiger partial charge in [0.2, 0.25) is 0 Å². The van der Waals surface area contributed by atoms with E-state index < -0.39 is 0 Å². The molecule has 16 heavy (non-hydrogen) atoms. The number of nitro groups is 1. The van der Waals surface area contributed by atoms with E-state index in [1.807, 2.05) is 13.8 Å². The van der Waals surface area contributed by atoms with Gasteiger partial charge < -0.3 is 0 Å². The number of nitriles is 1. The van der Waals surface area contributed by atoms with Crippen molar-refractivity contribution in [1.82, 2.24) is 0 Å². The molecular formula is C12H14N2O2. The molecule has 1 aromatic carbocycles. The van der Waals surface area contributed by atoms with E-state index in [1.165, 1.54) is 0 Å². The lowest BCUT2D eigenvalue weighted by atomic mass is 9.89. The van der Waals surface area contributed by atoms with Gasteiger partial charge in [0.25, 0.3) is 5.69 Å². The summed E-state index contributed by atoms with van der Waals surface area (Å²) < 4.78 is 0. The number of hydrogen-bond acceptors (Lipinski definition) is 3. The van der Waals surface area contributed by atoms with Gasteiger partial charge in [-0.05, 0) is 44.4 Å². The molecule has 84 valence electrons. The van der Waals surface area contributed by atoms with Gasteiger partial charge in [-0.15, -0.1) is 0 Å². The molecule has 1 unspecified atom stereocenters. The van der Waals surface area contributed by atoms with E-state index in [4.69, 9.17) is 5.26 Å². The van der Waals surface area contributed by atoms with E-state index in [2.05, 4.69) is 6.07 Å². The first-order valence-electron chi connectivity index (χ1n) is 5.04. The van der Waals surface area contributed by atoms with Crippen LogP contribution in [0.1, 0.15) is 35.1 Å². The monoisotopic (exact) mass is 218 g/mol. The molecular weight excluding hydrogens is 204 g/mol. The Kier molecular flexibility index (Phi) is 3.28. The summed E-state index contributed by atoms with van der Waals surface area (Å²) in [6, 6.07) is 3.72. The third kappa shape index (κ3) is 1.89. The summed E-state index contributed by atoms with van der Waals surface area (Å²) in [6.07, 6.45) is 0. The van der Waals surface area contributed by atoms with Gasteiger partial charge in [0.1, 0.15) is 0 Å². The largest absolute Gasteiger partial charge is 0.272 e. The van der Waals surface area contributed by atoms with E-state index in [9.17, 15) is 10.1 Å². The minimum absolute atomic E-state index is 0.129. The number of nitro benzene ring substituents is 1. The molecule has 0 fully saturated rings. The van der Waals surface area contributed by atoms with Crippen LogP contribution in [0.3, 0.4) is 0 Å². The zero-order valence-electron chi connectivity index (χ0n) is 9.87. The van der Waals surface area contributed by atoms with Crippen molar-refractivity contribution in [2.24, 2.45) is 0 Å².